The summed E-state index contributed by atoms with van der Waals surface area (Å²) in [7, 11) is 1.95. The van der Waals surface area contributed by atoms with Gasteiger partial charge in [0.1, 0.15) is 0 Å². The lowest BCUT2D eigenvalue weighted by Gasteiger charge is -2.24. The Kier molecular flexibility index (Phi) is 5.24. The van der Waals surface area contributed by atoms with Gasteiger partial charge in [0.25, 0.3) is 0 Å². The third-order valence-corrected chi connectivity index (χ3v) is 4.50. The zero-order valence-corrected chi connectivity index (χ0v) is 14.9. The molecule has 25 heavy (non-hydrogen) atoms. The van der Waals surface area contributed by atoms with E-state index in [2.05, 4.69) is 24.4 Å². The summed E-state index contributed by atoms with van der Waals surface area (Å²) in [5.41, 5.74) is 3.40. The maximum Gasteiger partial charge on any atom is 0.237 e. The number of nitrogens with one attached hydrogen (secondary N) is 1. The Morgan fingerprint density at radius 1 is 1.12 bits per heavy atom. The van der Waals surface area contributed by atoms with Gasteiger partial charge >= 0.3 is 0 Å². The lowest BCUT2D eigenvalue weighted by Crippen LogP contribution is -2.42. The molecule has 0 fully saturated rings. The molecule has 1 heterocycles. The van der Waals surface area contributed by atoms with Crippen molar-refractivity contribution < 1.29 is 14.3 Å². The van der Waals surface area contributed by atoms with E-state index in [0.717, 1.165) is 22.6 Å². The van der Waals surface area contributed by atoms with E-state index in [4.69, 9.17) is 9.47 Å². The summed E-state index contributed by atoms with van der Waals surface area (Å²) in [4.78, 5) is 14.4. The standard InChI is InChI=1S/C20H24N2O3/c1-14-4-6-16(7-5-14)11-21-20(23)15(2)22(3)12-17-8-9-18-19(10-17)25-13-24-18/h4-10,15H,11-13H2,1-3H3,(H,21,23). The average Bonchev–Trinajstić information content (AvgIpc) is 3.08. The SMILES string of the molecule is Cc1ccc(CNC(=O)C(C)N(C)Cc2ccc3c(c2)OCO3)cc1. The van der Waals surface area contributed by atoms with Crippen molar-refractivity contribution in [3.63, 3.8) is 0 Å². The Labute approximate surface area is 148 Å². The molecule has 3 rings (SSSR count). The molecule has 5 heteroatoms. The molecule has 0 saturated heterocycles. The van der Waals surface area contributed by atoms with Crippen LogP contribution < -0.4 is 14.8 Å². The van der Waals surface area contributed by atoms with E-state index >= 15 is 0 Å². The van der Waals surface area contributed by atoms with Gasteiger partial charge in [0.15, 0.2) is 11.5 Å². The Hall–Kier alpha value is -2.53. The van der Waals surface area contributed by atoms with Crippen molar-refractivity contribution in [2.45, 2.75) is 33.0 Å². The molecule has 1 aliphatic heterocycles. The number of amides is 1. The molecule has 1 amide bonds. The normalized spacial score (nSPS) is 13.8. The van der Waals surface area contributed by atoms with Crippen LogP contribution in [0.15, 0.2) is 42.5 Å². The predicted molar refractivity (Wildman–Crippen MR) is 96.5 cm³/mol. The number of nitrogens with zero attached hydrogens (tertiary/aromatic N) is 1. The van der Waals surface area contributed by atoms with E-state index in [0.29, 0.717) is 13.1 Å². The maximum atomic E-state index is 12.4. The van der Waals surface area contributed by atoms with E-state index < -0.39 is 0 Å². The predicted octanol–water partition coefficient (Wildman–Crippen LogP) is 2.86. The van der Waals surface area contributed by atoms with Gasteiger partial charge in [-0.25, -0.2) is 0 Å². The molecule has 0 saturated carbocycles. The highest BCUT2D eigenvalue weighted by atomic mass is 16.7. The fraction of sp³-hybridized carbons (Fsp3) is 0.350. The molecule has 5 nitrogen and oxygen atoms in total. The molecule has 132 valence electrons. The number of likely N-dealkylation sites (N-methyl/N-ethyl adjacent to an activating group) is 1. The van der Waals surface area contributed by atoms with Crippen LogP contribution in [0.1, 0.15) is 23.6 Å². The number of rotatable bonds is 6. The molecule has 0 radical (unpaired) electrons. The largest absolute Gasteiger partial charge is 0.454 e. The second kappa shape index (κ2) is 7.57. The summed E-state index contributed by atoms with van der Waals surface area (Å²) in [6, 6.07) is 13.8. The van der Waals surface area contributed by atoms with Crippen molar-refractivity contribution in [1.29, 1.82) is 0 Å². The van der Waals surface area contributed by atoms with E-state index in [9.17, 15) is 4.79 Å². The highest BCUT2D eigenvalue weighted by molar-refractivity contribution is 5.81. The second-order valence-corrected chi connectivity index (χ2v) is 6.48. The van der Waals surface area contributed by atoms with Crippen LogP contribution in [0.25, 0.3) is 0 Å². The van der Waals surface area contributed by atoms with E-state index in [-0.39, 0.29) is 18.7 Å². The Balaban J connectivity index is 1.53. The third-order valence-electron chi connectivity index (χ3n) is 4.50. The van der Waals surface area contributed by atoms with Crippen LogP contribution in [0.4, 0.5) is 0 Å². The Morgan fingerprint density at radius 3 is 2.56 bits per heavy atom. The first-order valence-electron chi connectivity index (χ1n) is 8.45. The Morgan fingerprint density at radius 2 is 1.80 bits per heavy atom. The summed E-state index contributed by atoms with van der Waals surface area (Å²) < 4.78 is 10.7. The van der Waals surface area contributed by atoms with Crippen LogP contribution in [0.2, 0.25) is 0 Å². The molecule has 0 aromatic heterocycles. The second-order valence-electron chi connectivity index (χ2n) is 6.48. The molecular formula is C20H24N2O3. The number of fused-ring (bicyclic) bond motifs is 1. The van der Waals surface area contributed by atoms with Crippen molar-refractivity contribution in [3.8, 4) is 11.5 Å². The minimum atomic E-state index is -0.226. The highest BCUT2D eigenvalue weighted by Crippen LogP contribution is 2.32. The fourth-order valence-electron chi connectivity index (χ4n) is 2.71. The minimum Gasteiger partial charge on any atom is -0.454 e. The quantitative estimate of drug-likeness (QED) is 0.878. The van der Waals surface area contributed by atoms with Crippen LogP contribution in [0, 0.1) is 6.92 Å². The third kappa shape index (κ3) is 4.31. The number of hydrogen-bond acceptors (Lipinski definition) is 4. The first-order chi connectivity index (χ1) is 12.0. The van der Waals surface area contributed by atoms with Crippen LogP contribution in [0.3, 0.4) is 0 Å². The summed E-state index contributed by atoms with van der Waals surface area (Å²) in [6.07, 6.45) is 0. The van der Waals surface area contributed by atoms with Gasteiger partial charge in [-0.15, -0.1) is 0 Å². The van der Waals surface area contributed by atoms with Gasteiger partial charge in [-0.05, 0) is 44.2 Å². The number of carbonyl (C=O) groups excluding carboxylic acids is 1. The minimum absolute atomic E-state index is 0.0174. The smallest absolute Gasteiger partial charge is 0.237 e. The zero-order valence-electron chi connectivity index (χ0n) is 14.9. The van der Waals surface area contributed by atoms with E-state index in [1.54, 1.807) is 0 Å². The van der Waals surface area contributed by atoms with Crippen LogP contribution in [-0.2, 0) is 17.9 Å². The van der Waals surface area contributed by atoms with Crippen LogP contribution in [-0.4, -0.2) is 30.7 Å². The van der Waals surface area contributed by atoms with Gasteiger partial charge in [-0.2, -0.15) is 0 Å². The van der Waals surface area contributed by atoms with Gasteiger partial charge in [0, 0.05) is 13.1 Å². The van der Waals surface area contributed by atoms with Gasteiger partial charge in [-0.3, -0.25) is 9.69 Å². The monoisotopic (exact) mass is 340 g/mol. The number of aryl methyl sites for hydroxylation is 1. The van der Waals surface area contributed by atoms with E-state index in [1.807, 2.05) is 49.2 Å². The number of ether oxygens (including phenoxy) is 2. The number of hydrogen-bond donors (Lipinski definition) is 1. The molecule has 1 N–H and O–H groups in total. The average molecular weight is 340 g/mol. The topological polar surface area (TPSA) is 50.8 Å². The maximum absolute atomic E-state index is 12.4. The van der Waals surface area contributed by atoms with Crippen LogP contribution >= 0.6 is 0 Å². The number of benzene rings is 2. The van der Waals surface area contributed by atoms with Gasteiger partial charge in [-0.1, -0.05) is 35.9 Å². The summed E-state index contributed by atoms with van der Waals surface area (Å²) in [5, 5.41) is 3.00. The molecule has 0 aliphatic carbocycles. The van der Waals surface area contributed by atoms with E-state index in [1.165, 1.54) is 5.56 Å². The van der Waals surface area contributed by atoms with Gasteiger partial charge in [0.2, 0.25) is 12.7 Å². The molecule has 2 aromatic carbocycles. The lowest BCUT2D eigenvalue weighted by atomic mass is 10.1. The van der Waals surface area contributed by atoms with Crippen molar-refractivity contribution in [1.82, 2.24) is 10.2 Å². The zero-order chi connectivity index (χ0) is 17.8. The van der Waals surface area contributed by atoms with Crippen molar-refractivity contribution in [2.24, 2.45) is 0 Å². The fourth-order valence-corrected chi connectivity index (χ4v) is 2.71. The summed E-state index contributed by atoms with van der Waals surface area (Å²) in [5.74, 6) is 1.56. The molecule has 1 atom stereocenters. The number of carbonyl (C=O) groups is 1. The molecule has 0 spiro atoms. The molecule has 1 aliphatic rings. The molecule has 0 bridgehead atoms. The highest BCUT2D eigenvalue weighted by Gasteiger charge is 2.19. The Bertz CT molecular complexity index is 743. The summed E-state index contributed by atoms with van der Waals surface area (Å²) >= 11 is 0. The van der Waals surface area contributed by atoms with Crippen molar-refractivity contribution in [3.05, 3.63) is 59.2 Å². The molecule has 1 unspecified atom stereocenters. The van der Waals surface area contributed by atoms with Crippen molar-refractivity contribution >= 4 is 5.91 Å². The molecular weight excluding hydrogens is 316 g/mol. The summed E-state index contributed by atoms with van der Waals surface area (Å²) in [6.45, 7) is 5.44. The van der Waals surface area contributed by atoms with Crippen molar-refractivity contribution in [2.75, 3.05) is 13.8 Å². The first-order valence-corrected chi connectivity index (χ1v) is 8.45. The first kappa shape index (κ1) is 17.3. The van der Waals surface area contributed by atoms with Gasteiger partial charge in [0.05, 0.1) is 6.04 Å². The van der Waals surface area contributed by atoms with Crippen LogP contribution in [0.5, 0.6) is 11.5 Å². The lowest BCUT2D eigenvalue weighted by molar-refractivity contribution is -0.125. The molecule has 2 aromatic rings. The van der Waals surface area contributed by atoms with Gasteiger partial charge < -0.3 is 14.8 Å².